The van der Waals surface area contributed by atoms with Crippen molar-refractivity contribution in [3.8, 4) is 5.69 Å². The lowest BCUT2D eigenvalue weighted by Gasteiger charge is -2.09. The molecule has 0 aliphatic rings. The van der Waals surface area contributed by atoms with E-state index in [1.54, 1.807) is 4.68 Å². The van der Waals surface area contributed by atoms with E-state index >= 15 is 0 Å². The summed E-state index contributed by atoms with van der Waals surface area (Å²) in [6, 6.07) is 6.08. The van der Waals surface area contributed by atoms with Gasteiger partial charge in [-0.3, -0.25) is 4.79 Å². The number of thioether (sulfide) groups is 1. The third-order valence-electron chi connectivity index (χ3n) is 2.72. The number of benzene rings is 1. The van der Waals surface area contributed by atoms with E-state index in [1.165, 1.54) is 11.8 Å². The molecular formula is C14H18N4O2S. The maximum atomic E-state index is 11.6. The highest BCUT2D eigenvalue weighted by Gasteiger charge is 2.14. The summed E-state index contributed by atoms with van der Waals surface area (Å²) in [6.07, 6.45) is -0.117. The van der Waals surface area contributed by atoms with Gasteiger partial charge in [0.05, 0.1) is 17.5 Å². The van der Waals surface area contributed by atoms with Crippen LogP contribution < -0.4 is 0 Å². The molecule has 21 heavy (non-hydrogen) atoms. The van der Waals surface area contributed by atoms with Crippen molar-refractivity contribution < 1.29 is 9.53 Å². The van der Waals surface area contributed by atoms with Gasteiger partial charge in [0.15, 0.2) is 0 Å². The van der Waals surface area contributed by atoms with Gasteiger partial charge in [-0.05, 0) is 55.3 Å². The molecule has 2 rings (SSSR count). The maximum Gasteiger partial charge on any atom is 0.316 e. The minimum atomic E-state index is -0.273. The number of esters is 1. The lowest BCUT2D eigenvalue weighted by Crippen LogP contribution is -2.13. The van der Waals surface area contributed by atoms with Gasteiger partial charge in [-0.2, -0.15) is 4.68 Å². The number of ether oxygens (including phenoxy) is 1. The topological polar surface area (TPSA) is 69.9 Å². The molecule has 0 unspecified atom stereocenters. The number of nitrogens with zero attached hydrogens (tertiary/aromatic N) is 4. The van der Waals surface area contributed by atoms with Crippen LogP contribution in [0.2, 0.25) is 0 Å². The van der Waals surface area contributed by atoms with Crippen LogP contribution in [-0.2, 0) is 9.53 Å². The fourth-order valence-corrected chi connectivity index (χ4v) is 2.45. The summed E-state index contributed by atoms with van der Waals surface area (Å²) in [5.41, 5.74) is 3.11. The van der Waals surface area contributed by atoms with Gasteiger partial charge in [-0.15, -0.1) is 5.10 Å². The predicted octanol–water partition coefficient (Wildman–Crippen LogP) is 2.32. The van der Waals surface area contributed by atoms with E-state index in [9.17, 15) is 4.79 Å². The molecule has 0 amide bonds. The first-order valence-electron chi connectivity index (χ1n) is 6.65. The van der Waals surface area contributed by atoms with Crippen LogP contribution in [0.4, 0.5) is 0 Å². The molecule has 2 aromatic rings. The molecule has 6 nitrogen and oxygen atoms in total. The van der Waals surface area contributed by atoms with Gasteiger partial charge in [0, 0.05) is 0 Å². The number of tetrazole rings is 1. The van der Waals surface area contributed by atoms with Crippen LogP contribution in [0.5, 0.6) is 0 Å². The van der Waals surface area contributed by atoms with Crippen LogP contribution >= 0.6 is 11.8 Å². The number of rotatable bonds is 5. The molecule has 0 atom stereocenters. The zero-order valence-corrected chi connectivity index (χ0v) is 13.3. The molecule has 112 valence electrons. The molecule has 0 saturated carbocycles. The lowest BCUT2D eigenvalue weighted by molar-refractivity contribution is -0.144. The van der Waals surface area contributed by atoms with E-state index in [1.807, 2.05) is 45.9 Å². The Hall–Kier alpha value is -1.89. The fraction of sp³-hybridized carbons (Fsp3) is 0.429. The Balaban J connectivity index is 2.15. The Kier molecular flexibility index (Phi) is 4.95. The number of aromatic nitrogens is 4. The van der Waals surface area contributed by atoms with Crippen molar-refractivity contribution in [2.75, 3.05) is 5.75 Å². The van der Waals surface area contributed by atoms with E-state index in [0.29, 0.717) is 5.16 Å². The first-order chi connectivity index (χ1) is 9.97. The minimum Gasteiger partial charge on any atom is -0.462 e. The Morgan fingerprint density at radius 2 is 2.14 bits per heavy atom. The second kappa shape index (κ2) is 6.71. The summed E-state index contributed by atoms with van der Waals surface area (Å²) >= 11 is 1.27. The summed E-state index contributed by atoms with van der Waals surface area (Å²) < 4.78 is 6.75. The number of aryl methyl sites for hydroxylation is 2. The second-order valence-corrected chi connectivity index (χ2v) is 5.93. The first-order valence-corrected chi connectivity index (χ1v) is 7.64. The predicted molar refractivity (Wildman–Crippen MR) is 80.6 cm³/mol. The number of hydrogen-bond donors (Lipinski definition) is 0. The van der Waals surface area contributed by atoms with Gasteiger partial charge < -0.3 is 4.74 Å². The van der Waals surface area contributed by atoms with Crippen molar-refractivity contribution in [2.24, 2.45) is 0 Å². The van der Waals surface area contributed by atoms with Crippen molar-refractivity contribution >= 4 is 17.7 Å². The number of carbonyl (C=O) groups excluding carboxylic acids is 1. The molecular weight excluding hydrogens is 288 g/mol. The summed E-state index contributed by atoms with van der Waals surface area (Å²) in [5, 5.41) is 12.3. The first kappa shape index (κ1) is 15.5. The molecule has 0 saturated heterocycles. The average molecular weight is 306 g/mol. The molecule has 0 spiro atoms. The van der Waals surface area contributed by atoms with Crippen molar-refractivity contribution in [3.05, 3.63) is 29.3 Å². The molecule has 0 bridgehead atoms. The highest BCUT2D eigenvalue weighted by Crippen LogP contribution is 2.21. The third-order valence-corrected chi connectivity index (χ3v) is 3.61. The fourth-order valence-electron chi connectivity index (χ4n) is 1.79. The van der Waals surface area contributed by atoms with Gasteiger partial charge in [0.25, 0.3) is 0 Å². The van der Waals surface area contributed by atoms with Gasteiger partial charge in [-0.1, -0.05) is 23.9 Å². The highest BCUT2D eigenvalue weighted by atomic mass is 32.2. The van der Waals surface area contributed by atoms with E-state index in [2.05, 4.69) is 15.5 Å². The Morgan fingerprint density at radius 3 is 2.86 bits per heavy atom. The van der Waals surface area contributed by atoms with E-state index < -0.39 is 0 Å². The SMILES string of the molecule is Cc1ccc(C)c(-n2nnnc2SCC(=O)OC(C)C)c1. The zero-order valence-electron chi connectivity index (χ0n) is 12.5. The Morgan fingerprint density at radius 1 is 1.38 bits per heavy atom. The van der Waals surface area contributed by atoms with Crippen LogP contribution in [0, 0.1) is 13.8 Å². The van der Waals surface area contributed by atoms with Gasteiger partial charge in [0.1, 0.15) is 0 Å². The summed E-state index contributed by atoms with van der Waals surface area (Å²) in [6.45, 7) is 7.66. The summed E-state index contributed by atoms with van der Waals surface area (Å²) in [7, 11) is 0. The molecule has 1 heterocycles. The largest absolute Gasteiger partial charge is 0.462 e. The standard InChI is InChI=1S/C14H18N4O2S/c1-9(2)20-13(19)8-21-14-15-16-17-18(14)12-7-10(3)5-6-11(12)4/h5-7,9H,8H2,1-4H3. The summed E-state index contributed by atoms with van der Waals surface area (Å²) in [4.78, 5) is 11.6. The molecule has 0 fully saturated rings. The van der Waals surface area contributed by atoms with Crippen LogP contribution in [0.15, 0.2) is 23.4 Å². The van der Waals surface area contributed by atoms with Gasteiger partial charge in [0.2, 0.25) is 5.16 Å². The van der Waals surface area contributed by atoms with Crippen LogP contribution in [0.3, 0.4) is 0 Å². The van der Waals surface area contributed by atoms with Gasteiger partial charge in [-0.25, -0.2) is 0 Å². The Labute approximate surface area is 127 Å². The highest BCUT2D eigenvalue weighted by molar-refractivity contribution is 7.99. The van der Waals surface area contributed by atoms with E-state index in [0.717, 1.165) is 16.8 Å². The maximum absolute atomic E-state index is 11.6. The second-order valence-electron chi connectivity index (χ2n) is 4.99. The number of hydrogen-bond acceptors (Lipinski definition) is 6. The van der Waals surface area contributed by atoms with Crippen LogP contribution in [0.1, 0.15) is 25.0 Å². The molecule has 1 aromatic carbocycles. The van der Waals surface area contributed by atoms with Gasteiger partial charge >= 0.3 is 5.97 Å². The molecule has 0 aliphatic heterocycles. The average Bonchev–Trinajstić information content (AvgIpc) is 2.86. The van der Waals surface area contributed by atoms with Crippen molar-refractivity contribution in [1.29, 1.82) is 0 Å². The van der Waals surface area contributed by atoms with Crippen molar-refractivity contribution in [2.45, 2.75) is 39.0 Å². The summed E-state index contributed by atoms with van der Waals surface area (Å²) in [5.74, 6) is -0.0887. The lowest BCUT2D eigenvalue weighted by atomic mass is 10.1. The minimum absolute atomic E-state index is 0.117. The number of carbonyl (C=O) groups is 1. The Bertz CT molecular complexity index is 640. The molecule has 7 heteroatoms. The molecule has 1 aromatic heterocycles. The quantitative estimate of drug-likeness (QED) is 0.624. The van der Waals surface area contributed by atoms with Crippen LogP contribution in [-0.4, -0.2) is 38.0 Å². The van der Waals surface area contributed by atoms with Crippen molar-refractivity contribution in [1.82, 2.24) is 20.2 Å². The third kappa shape index (κ3) is 4.04. The smallest absolute Gasteiger partial charge is 0.316 e. The molecule has 0 aliphatic carbocycles. The molecule has 0 radical (unpaired) electrons. The van der Waals surface area contributed by atoms with Crippen molar-refractivity contribution in [3.63, 3.8) is 0 Å². The van der Waals surface area contributed by atoms with Crippen LogP contribution in [0.25, 0.3) is 5.69 Å². The molecule has 0 N–H and O–H groups in total. The monoisotopic (exact) mass is 306 g/mol. The normalized spacial score (nSPS) is 10.9. The van der Waals surface area contributed by atoms with E-state index in [4.69, 9.17) is 4.74 Å². The zero-order chi connectivity index (χ0) is 15.4. The van der Waals surface area contributed by atoms with E-state index in [-0.39, 0.29) is 17.8 Å².